The molecule has 2 aromatic rings. The topological polar surface area (TPSA) is 24.5 Å². The van der Waals surface area contributed by atoms with Gasteiger partial charge in [0.1, 0.15) is 0 Å². The summed E-state index contributed by atoms with van der Waals surface area (Å²) in [4.78, 5) is 0. The van der Waals surface area contributed by atoms with Crippen LogP contribution in [0.1, 0.15) is 155 Å². The highest BCUT2D eigenvalue weighted by Gasteiger charge is 2.83. The number of benzene rings is 2. The van der Waals surface area contributed by atoms with E-state index >= 15 is 0 Å². The van der Waals surface area contributed by atoms with Gasteiger partial charge in [-0.2, -0.15) is 0 Å². The van der Waals surface area contributed by atoms with Gasteiger partial charge in [-0.1, -0.05) is 102 Å². The van der Waals surface area contributed by atoms with Gasteiger partial charge in [0.05, 0.1) is 11.1 Å². The molecule has 1 unspecified atom stereocenters. The molecule has 3 aliphatic rings. The van der Waals surface area contributed by atoms with Crippen molar-refractivity contribution in [2.75, 3.05) is 0 Å². The van der Waals surface area contributed by atoms with Crippen molar-refractivity contribution in [2.45, 2.75) is 155 Å². The molecule has 1 spiro atoms. The molecule has 0 aromatic heterocycles. The molecule has 0 N–H and O–H groups in total. The van der Waals surface area contributed by atoms with Crippen molar-refractivity contribution >= 4 is 12.4 Å². The summed E-state index contributed by atoms with van der Waals surface area (Å²) in [5, 5.41) is 0. The number of fused-ring (bicyclic) bond motifs is 2. The van der Waals surface area contributed by atoms with Crippen LogP contribution in [0.4, 0.5) is 0 Å². The highest BCUT2D eigenvalue weighted by molar-refractivity contribution is 5.84. The van der Waals surface area contributed by atoms with Crippen molar-refractivity contribution in [1.82, 2.24) is 0 Å². The zero-order valence-electron chi connectivity index (χ0n) is 28.6. The first-order valence-corrected chi connectivity index (χ1v) is 16.5. The fourth-order valence-electron chi connectivity index (χ4n) is 6.91. The second-order valence-electron chi connectivity index (χ2n) is 16.1. The Kier molecular flexibility index (Phi) is 7.51. The van der Waals surface area contributed by atoms with Crippen molar-refractivity contribution < 1.29 is 18.6 Å². The quantitative estimate of drug-likeness (QED) is 0.309. The van der Waals surface area contributed by atoms with Crippen molar-refractivity contribution in [2.24, 2.45) is 0 Å². The van der Waals surface area contributed by atoms with Crippen LogP contribution < -0.4 is 9.47 Å². The summed E-state index contributed by atoms with van der Waals surface area (Å²) < 4.78 is 19.0. The summed E-state index contributed by atoms with van der Waals surface area (Å²) in [5.74, 6) is 2.41. The van der Waals surface area contributed by atoms with E-state index in [1.54, 1.807) is 0 Å². The fourth-order valence-corrected chi connectivity index (χ4v) is 6.91. The number of unbranched alkanes of at least 4 members (excludes halogenated alkanes) is 2. The predicted molar refractivity (Wildman–Crippen MR) is 175 cm³/mol. The molecule has 4 heteroatoms. The minimum absolute atomic E-state index is 0.0295. The minimum Gasteiger partial charge on any atom is -0.341 e. The number of hydrogen-bond acceptors (Lipinski definition) is 2. The van der Waals surface area contributed by atoms with E-state index in [1.165, 1.54) is 55.2 Å². The number of ether oxygens (including phenoxy) is 2. The largest absolute Gasteiger partial charge is 0.705 e. The zero-order valence-corrected chi connectivity index (χ0v) is 28.6. The van der Waals surface area contributed by atoms with E-state index in [0.717, 1.165) is 22.6 Å². The molecule has 1 atom stereocenters. The first-order chi connectivity index (χ1) is 19.5. The second kappa shape index (κ2) is 10.2. The monoisotopic (exact) mass is 572 g/mol. The molecule has 0 bridgehead atoms. The maximum atomic E-state index is 7.25. The predicted octanol–water partition coefficient (Wildman–Crippen LogP) is 9.28. The summed E-state index contributed by atoms with van der Waals surface area (Å²) in [5.41, 5.74) is 5.63. The molecule has 0 aliphatic carbocycles. The first-order valence-electron chi connectivity index (χ1n) is 16.5. The molecule has 0 radical (unpaired) electrons. The molecule has 5 rings (SSSR count). The van der Waals surface area contributed by atoms with Crippen molar-refractivity contribution in [3.05, 3.63) is 58.1 Å². The Labute approximate surface area is 255 Å². The van der Waals surface area contributed by atoms with E-state index in [4.69, 9.17) is 9.47 Å². The standard InChI is InChI=1S/C38H56N2O2/c1-13-15-17-26(18-16-14-2)27-19-20-32-28(21-27)24-39-36(9,10)37(11,12)40-25-29-22-30(34(3,4)5)23-31(35(6,7)8)33(29)42-38(39,40)41-32/h19-26H,13-18H2,1-12H3/q+2. The highest BCUT2D eigenvalue weighted by atomic mass is 16.7. The fraction of sp³-hybridized carbons (Fsp3) is 0.632. The van der Waals surface area contributed by atoms with E-state index < -0.39 is 6.03 Å². The van der Waals surface area contributed by atoms with E-state index in [1.807, 2.05) is 0 Å². The van der Waals surface area contributed by atoms with Crippen LogP contribution in [0.15, 0.2) is 30.3 Å². The summed E-state index contributed by atoms with van der Waals surface area (Å²) in [6, 6.07) is 10.5. The minimum atomic E-state index is -1.10. The lowest BCUT2D eigenvalue weighted by Gasteiger charge is -2.33. The lowest BCUT2D eigenvalue weighted by molar-refractivity contribution is -0.875. The Morgan fingerprint density at radius 2 is 1.29 bits per heavy atom. The third-order valence-corrected chi connectivity index (χ3v) is 10.4. The average molecular weight is 573 g/mol. The van der Waals surface area contributed by atoms with Gasteiger partial charge in [-0.15, -0.1) is 0 Å². The van der Waals surface area contributed by atoms with Gasteiger partial charge in [-0.05, 0) is 58.9 Å². The molecule has 4 nitrogen and oxygen atoms in total. The third-order valence-electron chi connectivity index (χ3n) is 10.4. The molecule has 3 heterocycles. The van der Waals surface area contributed by atoms with E-state index in [9.17, 15) is 0 Å². The zero-order chi connectivity index (χ0) is 30.9. The van der Waals surface area contributed by atoms with Gasteiger partial charge in [0, 0.05) is 33.3 Å². The molecule has 0 amide bonds. The van der Waals surface area contributed by atoms with Crippen molar-refractivity contribution in [1.29, 1.82) is 0 Å². The van der Waals surface area contributed by atoms with Gasteiger partial charge in [-0.3, -0.25) is 0 Å². The molecule has 1 saturated heterocycles. The van der Waals surface area contributed by atoms with Gasteiger partial charge in [0.25, 0.3) is 0 Å². The molecule has 3 aliphatic heterocycles. The maximum absolute atomic E-state index is 7.25. The first kappa shape index (κ1) is 30.8. The molecular weight excluding hydrogens is 516 g/mol. The summed E-state index contributed by atoms with van der Waals surface area (Å²) >= 11 is 0. The van der Waals surface area contributed by atoms with Gasteiger partial charge >= 0.3 is 6.03 Å². The Hall–Kier alpha value is -2.62. The van der Waals surface area contributed by atoms with Crippen molar-refractivity contribution in [3.63, 3.8) is 0 Å². The van der Waals surface area contributed by atoms with E-state index in [-0.39, 0.29) is 21.9 Å². The highest BCUT2D eigenvalue weighted by Crippen LogP contribution is 2.51. The van der Waals surface area contributed by atoms with E-state index in [2.05, 4.69) is 135 Å². The lowest BCUT2D eigenvalue weighted by Crippen LogP contribution is -2.61. The van der Waals surface area contributed by atoms with Crippen molar-refractivity contribution in [3.8, 4) is 11.5 Å². The Bertz CT molecular complexity index is 1420. The Morgan fingerprint density at radius 3 is 1.81 bits per heavy atom. The van der Waals surface area contributed by atoms with Crippen LogP contribution in [-0.2, 0) is 10.8 Å². The normalized spacial score (nSPS) is 21.8. The SMILES string of the molecule is CCCCC(CCCC)c1ccc2c(c1)C=[N+]1C3(O2)Oc2c(cc(C(C)(C)C)cc2C(C)(C)C)C=[N+]3C(C)(C)C1(C)C. The van der Waals surface area contributed by atoms with Crippen LogP contribution in [0.5, 0.6) is 11.5 Å². The maximum Gasteiger partial charge on any atom is 0.705 e. The van der Waals surface area contributed by atoms with E-state index in [0.29, 0.717) is 5.92 Å². The summed E-state index contributed by atoms with van der Waals surface area (Å²) in [6.45, 7) is 27.6. The van der Waals surface area contributed by atoms with Gasteiger partial charge in [-0.25, -0.2) is 0 Å². The van der Waals surface area contributed by atoms with Crippen LogP contribution in [0.3, 0.4) is 0 Å². The smallest absolute Gasteiger partial charge is 0.341 e. The summed E-state index contributed by atoms with van der Waals surface area (Å²) in [6.07, 6.45) is 12.1. The molecule has 1 fully saturated rings. The molecule has 42 heavy (non-hydrogen) atoms. The molecule has 0 saturated carbocycles. The van der Waals surface area contributed by atoms with Gasteiger partial charge in [0.15, 0.2) is 23.9 Å². The number of hydrogen-bond donors (Lipinski definition) is 0. The Balaban J connectivity index is 1.68. The molecular formula is C38H56N2O2+2. The number of rotatable bonds is 7. The van der Waals surface area contributed by atoms with Crippen LogP contribution in [-0.4, -0.2) is 38.7 Å². The summed E-state index contributed by atoms with van der Waals surface area (Å²) in [7, 11) is 0. The second-order valence-corrected chi connectivity index (χ2v) is 16.1. The molecule has 228 valence electrons. The van der Waals surface area contributed by atoms with Crippen LogP contribution >= 0.6 is 0 Å². The van der Waals surface area contributed by atoms with Crippen LogP contribution in [0.25, 0.3) is 0 Å². The van der Waals surface area contributed by atoms with Gasteiger partial charge < -0.3 is 9.47 Å². The van der Waals surface area contributed by atoms with Crippen LogP contribution in [0, 0.1) is 0 Å². The lowest BCUT2D eigenvalue weighted by atomic mass is 9.78. The van der Waals surface area contributed by atoms with Gasteiger partial charge in [0.2, 0.25) is 11.1 Å². The average Bonchev–Trinajstić information content (AvgIpc) is 3.02. The number of nitrogens with zero attached hydrogens (tertiary/aromatic N) is 2. The Morgan fingerprint density at radius 1 is 0.714 bits per heavy atom. The van der Waals surface area contributed by atoms with Crippen LogP contribution in [0.2, 0.25) is 0 Å². The third kappa shape index (κ3) is 4.81. The molecule has 2 aromatic carbocycles.